The summed E-state index contributed by atoms with van der Waals surface area (Å²) in [5.74, 6) is 0.712. The Morgan fingerprint density at radius 1 is 1.20 bits per heavy atom. The molecule has 0 bridgehead atoms. The number of amides is 2. The molecular formula is C16H14ClF3N2O2S. The molecule has 0 saturated heterocycles. The minimum atomic E-state index is -4.34. The quantitative estimate of drug-likeness (QED) is 0.648. The molecule has 0 aliphatic heterocycles. The van der Waals surface area contributed by atoms with Crippen LogP contribution < -0.4 is 15.4 Å². The topological polar surface area (TPSA) is 50.4 Å². The summed E-state index contributed by atoms with van der Waals surface area (Å²) in [6, 6.07) is 8.30. The summed E-state index contributed by atoms with van der Waals surface area (Å²) in [5, 5.41) is 5.28. The smallest absolute Gasteiger partial charge is 0.446 e. The zero-order valence-corrected chi connectivity index (χ0v) is 14.8. The molecule has 0 aliphatic rings. The molecule has 0 aliphatic carbocycles. The number of hydrogen-bond acceptors (Lipinski definition) is 3. The Morgan fingerprint density at radius 2 is 1.84 bits per heavy atom. The molecule has 0 unspecified atom stereocenters. The third-order valence-electron chi connectivity index (χ3n) is 2.99. The maximum Gasteiger partial charge on any atom is 0.446 e. The number of alkyl halides is 3. The van der Waals surface area contributed by atoms with E-state index in [0.29, 0.717) is 22.7 Å². The molecule has 2 aromatic carbocycles. The number of aryl methyl sites for hydroxylation is 1. The lowest BCUT2D eigenvalue weighted by Crippen LogP contribution is -2.24. The largest absolute Gasteiger partial charge is 0.456 e. The maximum absolute atomic E-state index is 12.3. The number of urea groups is 1. The highest BCUT2D eigenvalue weighted by molar-refractivity contribution is 8.00. The van der Waals surface area contributed by atoms with Crippen LogP contribution in [0.1, 0.15) is 5.56 Å². The minimum absolute atomic E-state index is 0.0628. The molecule has 9 heteroatoms. The fourth-order valence-corrected chi connectivity index (χ4v) is 2.80. The Labute approximate surface area is 151 Å². The molecule has 0 aromatic heterocycles. The molecule has 2 amide bonds. The van der Waals surface area contributed by atoms with E-state index < -0.39 is 5.51 Å². The molecular weight excluding hydrogens is 377 g/mol. The van der Waals surface area contributed by atoms with Crippen molar-refractivity contribution >= 4 is 35.1 Å². The van der Waals surface area contributed by atoms with Crippen LogP contribution >= 0.6 is 23.4 Å². The van der Waals surface area contributed by atoms with E-state index in [4.69, 9.17) is 16.3 Å². The van der Waals surface area contributed by atoms with Crippen LogP contribution in [0.2, 0.25) is 5.02 Å². The highest BCUT2D eigenvalue weighted by atomic mass is 35.5. The third kappa shape index (κ3) is 5.75. The molecule has 0 saturated carbocycles. The van der Waals surface area contributed by atoms with Crippen LogP contribution in [0.5, 0.6) is 11.5 Å². The number of carbonyl (C=O) groups excluding carboxylic acids is 1. The van der Waals surface area contributed by atoms with Crippen molar-refractivity contribution < 1.29 is 22.7 Å². The fraction of sp³-hybridized carbons (Fsp3) is 0.188. The van der Waals surface area contributed by atoms with Gasteiger partial charge in [0.05, 0.1) is 5.02 Å². The van der Waals surface area contributed by atoms with Gasteiger partial charge in [-0.05, 0) is 60.6 Å². The van der Waals surface area contributed by atoms with Gasteiger partial charge in [0.1, 0.15) is 11.5 Å². The van der Waals surface area contributed by atoms with Crippen LogP contribution in [0.4, 0.5) is 23.7 Å². The van der Waals surface area contributed by atoms with Crippen molar-refractivity contribution in [3.05, 3.63) is 47.0 Å². The van der Waals surface area contributed by atoms with Gasteiger partial charge in [0.25, 0.3) is 0 Å². The average molecular weight is 391 g/mol. The summed E-state index contributed by atoms with van der Waals surface area (Å²) in [5.41, 5.74) is -3.19. The maximum atomic E-state index is 12.3. The second kappa shape index (κ2) is 7.88. The molecule has 0 spiro atoms. The van der Waals surface area contributed by atoms with E-state index in [9.17, 15) is 18.0 Å². The lowest BCUT2D eigenvalue weighted by atomic mass is 10.2. The second-order valence-corrected chi connectivity index (χ2v) is 6.48. The van der Waals surface area contributed by atoms with Crippen molar-refractivity contribution in [2.45, 2.75) is 17.3 Å². The van der Waals surface area contributed by atoms with Crippen molar-refractivity contribution in [1.29, 1.82) is 0 Å². The molecule has 134 valence electrons. The summed E-state index contributed by atoms with van der Waals surface area (Å²) in [6.45, 7) is 1.74. The van der Waals surface area contributed by atoms with Crippen molar-refractivity contribution in [1.82, 2.24) is 5.32 Å². The number of anilines is 1. The van der Waals surface area contributed by atoms with Gasteiger partial charge in [-0.1, -0.05) is 11.6 Å². The van der Waals surface area contributed by atoms with E-state index in [1.165, 1.54) is 37.4 Å². The lowest BCUT2D eigenvalue weighted by Gasteiger charge is -2.13. The summed E-state index contributed by atoms with van der Waals surface area (Å²) in [4.78, 5) is 11.4. The van der Waals surface area contributed by atoms with Crippen molar-refractivity contribution in [3.63, 3.8) is 0 Å². The fourth-order valence-electron chi connectivity index (χ4n) is 1.95. The van der Waals surface area contributed by atoms with Crippen LogP contribution in [0.25, 0.3) is 0 Å². The van der Waals surface area contributed by atoms with Crippen molar-refractivity contribution in [2.75, 3.05) is 12.4 Å². The summed E-state index contributed by atoms with van der Waals surface area (Å²) >= 11 is 5.98. The van der Waals surface area contributed by atoms with Gasteiger partial charge in [0.2, 0.25) is 0 Å². The molecule has 2 rings (SSSR count). The van der Waals surface area contributed by atoms with E-state index in [1.807, 2.05) is 0 Å². The summed E-state index contributed by atoms with van der Waals surface area (Å²) in [6.07, 6.45) is 0. The predicted molar refractivity (Wildman–Crippen MR) is 92.7 cm³/mol. The first kappa shape index (κ1) is 19.3. The Kier molecular flexibility index (Phi) is 6.07. The first-order valence-electron chi connectivity index (χ1n) is 7.00. The molecule has 0 fully saturated rings. The van der Waals surface area contributed by atoms with Gasteiger partial charge in [0, 0.05) is 17.6 Å². The van der Waals surface area contributed by atoms with Gasteiger partial charge in [-0.3, -0.25) is 0 Å². The number of hydrogen-bond donors (Lipinski definition) is 2. The van der Waals surface area contributed by atoms with Gasteiger partial charge in [-0.2, -0.15) is 13.2 Å². The Balaban J connectivity index is 2.16. The molecule has 2 N–H and O–H groups in total. The standard InChI is InChI=1S/C16H14ClF3N2O2S/c1-9-7-10(22-15(23)21-2)8-13(17)14(9)24-11-3-5-12(6-4-11)25-16(18,19)20/h3-8H,1-2H3,(H2,21,22,23). The Morgan fingerprint density at radius 3 is 2.36 bits per heavy atom. The molecule has 0 heterocycles. The lowest BCUT2D eigenvalue weighted by molar-refractivity contribution is -0.0328. The SMILES string of the molecule is CNC(=O)Nc1cc(C)c(Oc2ccc(SC(F)(F)F)cc2)c(Cl)c1. The third-order valence-corrected chi connectivity index (χ3v) is 4.01. The normalized spacial score (nSPS) is 11.1. The van der Waals surface area contributed by atoms with Crippen molar-refractivity contribution in [2.24, 2.45) is 0 Å². The van der Waals surface area contributed by atoms with E-state index in [2.05, 4.69) is 10.6 Å². The van der Waals surface area contributed by atoms with E-state index in [0.717, 1.165) is 0 Å². The molecule has 2 aromatic rings. The van der Waals surface area contributed by atoms with Gasteiger partial charge < -0.3 is 15.4 Å². The average Bonchev–Trinajstić information content (AvgIpc) is 2.51. The van der Waals surface area contributed by atoms with E-state index >= 15 is 0 Å². The van der Waals surface area contributed by atoms with Crippen LogP contribution in [0, 0.1) is 6.92 Å². The molecule has 25 heavy (non-hydrogen) atoms. The molecule has 0 radical (unpaired) electrons. The van der Waals surface area contributed by atoms with Gasteiger partial charge in [-0.15, -0.1) is 0 Å². The van der Waals surface area contributed by atoms with Crippen LogP contribution in [-0.2, 0) is 0 Å². The van der Waals surface area contributed by atoms with Crippen LogP contribution in [0.15, 0.2) is 41.3 Å². The first-order valence-corrected chi connectivity index (χ1v) is 8.20. The zero-order chi connectivity index (χ0) is 18.6. The predicted octanol–water partition coefficient (Wildman–Crippen LogP) is 5.80. The number of rotatable bonds is 4. The molecule has 4 nitrogen and oxygen atoms in total. The summed E-state index contributed by atoms with van der Waals surface area (Å²) in [7, 11) is 1.49. The highest BCUT2D eigenvalue weighted by Crippen LogP contribution is 2.39. The number of halogens is 4. The Hall–Kier alpha value is -2.06. The van der Waals surface area contributed by atoms with E-state index in [-0.39, 0.29) is 27.7 Å². The van der Waals surface area contributed by atoms with Crippen LogP contribution in [0.3, 0.4) is 0 Å². The Bertz CT molecular complexity index is 744. The summed E-state index contributed by atoms with van der Waals surface area (Å²) < 4.78 is 42.6. The van der Waals surface area contributed by atoms with Gasteiger partial charge >= 0.3 is 11.5 Å². The zero-order valence-electron chi connectivity index (χ0n) is 13.2. The number of benzene rings is 2. The number of nitrogens with one attached hydrogen (secondary N) is 2. The monoisotopic (exact) mass is 390 g/mol. The number of thioether (sulfide) groups is 1. The van der Waals surface area contributed by atoms with Gasteiger partial charge in [0.15, 0.2) is 0 Å². The van der Waals surface area contributed by atoms with Crippen molar-refractivity contribution in [3.8, 4) is 11.5 Å². The van der Waals surface area contributed by atoms with Crippen LogP contribution in [-0.4, -0.2) is 18.6 Å². The highest BCUT2D eigenvalue weighted by Gasteiger charge is 2.29. The number of ether oxygens (including phenoxy) is 1. The van der Waals surface area contributed by atoms with E-state index in [1.54, 1.807) is 13.0 Å². The first-order chi connectivity index (χ1) is 11.7. The minimum Gasteiger partial charge on any atom is -0.456 e. The second-order valence-electron chi connectivity index (χ2n) is 4.93. The molecule has 0 atom stereocenters. The van der Waals surface area contributed by atoms with Gasteiger partial charge in [-0.25, -0.2) is 4.79 Å². The number of carbonyl (C=O) groups is 1.